The highest BCUT2D eigenvalue weighted by molar-refractivity contribution is 6.39. The first-order valence-corrected chi connectivity index (χ1v) is 6.28. The number of rotatable bonds is 5. The molecular weight excluding hydrogens is 268 g/mol. The van der Waals surface area contributed by atoms with Gasteiger partial charge in [0.05, 0.1) is 12.5 Å². The number of nitrogens with zero attached hydrogens (tertiary/aromatic N) is 2. The van der Waals surface area contributed by atoms with Crippen LogP contribution in [-0.2, 0) is 15.1 Å². The third-order valence-corrected chi connectivity index (χ3v) is 3.07. The van der Waals surface area contributed by atoms with E-state index in [1.165, 1.54) is 0 Å². The number of alkyl halides is 1. The maximum Gasteiger partial charge on any atom is 0.420 e. The van der Waals surface area contributed by atoms with E-state index >= 15 is 0 Å². The Morgan fingerprint density at radius 1 is 1.47 bits per heavy atom. The molecule has 0 heterocycles. The molecule has 1 rings (SSSR count). The molecule has 0 saturated heterocycles. The zero-order chi connectivity index (χ0) is 14.5. The fourth-order valence-corrected chi connectivity index (χ4v) is 1.88. The Morgan fingerprint density at radius 2 is 2.05 bits per heavy atom. The maximum absolute atomic E-state index is 11.7. The van der Waals surface area contributed by atoms with Gasteiger partial charge in [-0.1, -0.05) is 29.8 Å². The van der Waals surface area contributed by atoms with E-state index in [9.17, 15) is 9.90 Å². The normalized spacial score (nSPS) is 13.3. The van der Waals surface area contributed by atoms with E-state index in [-0.39, 0.29) is 12.5 Å². The zero-order valence-corrected chi connectivity index (χ0v) is 11.5. The van der Waals surface area contributed by atoms with Gasteiger partial charge in [-0.3, -0.25) is 0 Å². The number of benzene rings is 1. The number of halogens is 1. The van der Waals surface area contributed by atoms with Crippen LogP contribution < -0.4 is 0 Å². The second-order valence-electron chi connectivity index (χ2n) is 4.03. The molecule has 0 bridgehead atoms. The molecular formula is C13H15ClN2O3. The molecule has 1 aromatic rings. The molecule has 0 spiro atoms. The summed E-state index contributed by atoms with van der Waals surface area (Å²) in [6.07, 6.45) is 0. The van der Waals surface area contributed by atoms with Gasteiger partial charge in [-0.05, 0) is 19.4 Å². The van der Waals surface area contributed by atoms with Gasteiger partial charge in [0, 0.05) is 0 Å². The second-order valence-corrected chi connectivity index (χ2v) is 4.30. The first-order valence-electron chi connectivity index (χ1n) is 5.74. The molecule has 0 saturated carbocycles. The van der Waals surface area contributed by atoms with E-state index < -0.39 is 17.3 Å². The standard InChI is InChI=1S/C13H15ClN2O3/c1-3-19-12(17)11(16-15)13(18,8-14)10-6-4-9(2)5-7-10/h4-7,18H,3,8H2,1-2H3/t13-/m1/s1. The molecule has 1 N–H and O–H groups in total. The summed E-state index contributed by atoms with van der Waals surface area (Å²) in [4.78, 5) is 14.5. The number of hydrogen-bond acceptors (Lipinski definition) is 3. The third kappa shape index (κ3) is 3.20. The fourth-order valence-electron chi connectivity index (χ4n) is 1.60. The van der Waals surface area contributed by atoms with Crippen LogP contribution in [0.3, 0.4) is 0 Å². The lowest BCUT2D eigenvalue weighted by Gasteiger charge is -2.20. The van der Waals surface area contributed by atoms with Gasteiger partial charge in [0.2, 0.25) is 5.60 Å². The smallest absolute Gasteiger partial charge is 0.420 e. The molecule has 5 nitrogen and oxygen atoms in total. The Hall–Kier alpha value is -1.68. The van der Waals surface area contributed by atoms with Crippen LogP contribution in [0.2, 0.25) is 0 Å². The first-order chi connectivity index (χ1) is 8.99. The lowest BCUT2D eigenvalue weighted by Crippen LogP contribution is -2.44. The van der Waals surface area contributed by atoms with Crippen molar-refractivity contribution in [3.8, 4) is 0 Å². The largest absolute Gasteiger partial charge is 0.457 e. The molecule has 0 radical (unpaired) electrons. The Labute approximate surface area is 116 Å². The summed E-state index contributed by atoms with van der Waals surface area (Å²) in [6, 6.07) is 6.74. The van der Waals surface area contributed by atoms with Crippen molar-refractivity contribution in [2.75, 3.05) is 12.5 Å². The minimum atomic E-state index is -1.89. The first kappa shape index (κ1) is 15.4. The van der Waals surface area contributed by atoms with Crippen LogP contribution in [0.5, 0.6) is 0 Å². The summed E-state index contributed by atoms with van der Waals surface area (Å²) in [6.45, 7) is 3.60. The highest BCUT2D eigenvalue weighted by atomic mass is 35.5. The topological polar surface area (TPSA) is 82.9 Å². The molecule has 19 heavy (non-hydrogen) atoms. The van der Waals surface area contributed by atoms with E-state index in [4.69, 9.17) is 21.9 Å². The van der Waals surface area contributed by atoms with Crippen molar-refractivity contribution in [2.45, 2.75) is 19.4 Å². The number of aliphatic hydroxyl groups is 1. The number of carbonyl (C=O) groups excluding carboxylic acids is 1. The number of esters is 1. The van der Waals surface area contributed by atoms with Crippen molar-refractivity contribution in [1.82, 2.24) is 0 Å². The number of ether oxygens (including phenoxy) is 1. The predicted molar refractivity (Wildman–Crippen MR) is 71.1 cm³/mol. The fraction of sp³-hybridized carbons (Fsp3) is 0.385. The Balaban J connectivity index is 3.25. The van der Waals surface area contributed by atoms with Crippen LogP contribution >= 0.6 is 11.6 Å². The van der Waals surface area contributed by atoms with Gasteiger partial charge < -0.3 is 15.4 Å². The van der Waals surface area contributed by atoms with Crippen molar-refractivity contribution in [2.24, 2.45) is 0 Å². The van der Waals surface area contributed by atoms with Crippen LogP contribution in [0.25, 0.3) is 5.53 Å². The van der Waals surface area contributed by atoms with Crippen LogP contribution in [-0.4, -0.2) is 34.1 Å². The SMILES string of the molecule is CCOC(=O)C(=[N+]=[N-])[C@@](O)(CCl)c1ccc(C)cc1. The van der Waals surface area contributed by atoms with Gasteiger partial charge in [-0.2, -0.15) is 4.79 Å². The molecule has 102 valence electrons. The van der Waals surface area contributed by atoms with E-state index in [0.717, 1.165) is 5.56 Å². The van der Waals surface area contributed by atoms with Gasteiger partial charge in [0.25, 0.3) is 0 Å². The summed E-state index contributed by atoms with van der Waals surface area (Å²) in [5.41, 5.74) is 7.89. The van der Waals surface area contributed by atoms with E-state index in [1.54, 1.807) is 31.2 Å². The lowest BCUT2D eigenvalue weighted by molar-refractivity contribution is -0.143. The molecule has 0 aliphatic heterocycles. The lowest BCUT2D eigenvalue weighted by atomic mass is 9.90. The van der Waals surface area contributed by atoms with Crippen LogP contribution in [0, 0.1) is 6.92 Å². The zero-order valence-electron chi connectivity index (χ0n) is 10.8. The highest BCUT2D eigenvalue weighted by Crippen LogP contribution is 2.25. The van der Waals surface area contributed by atoms with Crippen molar-refractivity contribution < 1.29 is 19.4 Å². The number of aryl methyl sites for hydroxylation is 1. The molecule has 1 aromatic carbocycles. The van der Waals surface area contributed by atoms with Gasteiger partial charge in [0.1, 0.15) is 0 Å². The van der Waals surface area contributed by atoms with Gasteiger partial charge in [0.15, 0.2) is 0 Å². The molecule has 6 heteroatoms. The van der Waals surface area contributed by atoms with Crippen molar-refractivity contribution in [3.63, 3.8) is 0 Å². The van der Waals surface area contributed by atoms with E-state index in [1.807, 2.05) is 6.92 Å². The van der Waals surface area contributed by atoms with E-state index in [2.05, 4.69) is 4.79 Å². The molecule has 0 aromatic heterocycles. The van der Waals surface area contributed by atoms with Crippen molar-refractivity contribution in [3.05, 3.63) is 40.9 Å². The molecule has 0 amide bonds. The summed E-state index contributed by atoms with van der Waals surface area (Å²) < 4.78 is 4.74. The predicted octanol–water partition coefficient (Wildman–Crippen LogP) is 1.66. The minimum Gasteiger partial charge on any atom is -0.457 e. The average molecular weight is 283 g/mol. The second kappa shape index (κ2) is 6.48. The van der Waals surface area contributed by atoms with Gasteiger partial charge in [-0.25, -0.2) is 4.79 Å². The summed E-state index contributed by atoms with van der Waals surface area (Å²) in [7, 11) is 0. The molecule has 0 unspecified atom stereocenters. The highest BCUT2D eigenvalue weighted by Gasteiger charge is 2.47. The number of carbonyl (C=O) groups is 1. The Kier molecular flexibility index (Phi) is 5.24. The van der Waals surface area contributed by atoms with Gasteiger partial charge in [-0.15, -0.1) is 11.6 Å². The molecule has 1 atom stereocenters. The summed E-state index contributed by atoms with van der Waals surface area (Å²) in [5, 5.41) is 10.5. The minimum absolute atomic E-state index is 0.101. The molecule has 0 aliphatic rings. The molecule has 0 fully saturated rings. The number of hydrogen-bond donors (Lipinski definition) is 1. The summed E-state index contributed by atoms with van der Waals surface area (Å²) >= 11 is 5.75. The Morgan fingerprint density at radius 3 is 2.47 bits per heavy atom. The average Bonchev–Trinajstić information content (AvgIpc) is 2.40. The van der Waals surface area contributed by atoms with Crippen molar-refractivity contribution >= 4 is 23.3 Å². The Bertz CT molecular complexity index is 509. The van der Waals surface area contributed by atoms with E-state index in [0.29, 0.717) is 5.56 Å². The quantitative estimate of drug-likeness (QED) is 0.293. The van der Waals surface area contributed by atoms with Gasteiger partial charge >= 0.3 is 11.7 Å². The summed E-state index contributed by atoms with van der Waals surface area (Å²) in [5.74, 6) is -1.25. The monoisotopic (exact) mass is 282 g/mol. The van der Waals surface area contributed by atoms with Crippen LogP contribution in [0.4, 0.5) is 0 Å². The molecule has 0 aliphatic carbocycles. The maximum atomic E-state index is 11.7. The van der Waals surface area contributed by atoms with Crippen molar-refractivity contribution in [1.29, 1.82) is 0 Å². The third-order valence-electron chi connectivity index (χ3n) is 2.68. The van der Waals surface area contributed by atoms with Crippen LogP contribution in [0.1, 0.15) is 18.1 Å². The van der Waals surface area contributed by atoms with Crippen LogP contribution in [0.15, 0.2) is 24.3 Å².